The van der Waals surface area contributed by atoms with Crippen LogP contribution in [0.15, 0.2) is 12.4 Å². The van der Waals surface area contributed by atoms with Crippen molar-refractivity contribution < 1.29 is 9.53 Å². The lowest BCUT2D eigenvalue weighted by molar-refractivity contribution is 0.0594. The van der Waals surface area contributed by atoms with Crippen LogP contribution in [-0.4, -0.2) is 55.8 Å². The van der Waals surface area contributed by atoms with E-state index in [2.05, 4.69) is 38.2 Å². The fraction of sp³-hybridized carbons (Fsp3) is 0.625. The van der Waals surface area contributed by atoms with E-state index in [1.807, 2.05) is 11.7 Å². The van der Waals surface area contributed by atoms with Gasteiger partial charge in [-0.2, -0.15) is 5.10 Å². The van der Waals surface area contributed by atoms with Gasteiger partial charge in [0.2, 0.25) is 0 Å². The maximum Gasteiger partial charge on any atom is 0.360 e. The Morgan fingerprint density at radius 1 is 1.33 bits per heavy atom. The van der Waals surface area contributed by atoms with Gasteiger partial charge in [-0.25, -0.2) is 9.48 Å². The molecule has 1 saturated heterocycles. The Labute approximate surface area is 141 Å². The van der Waals surface area contributed by atoms with Crippen LogP contribution < -0.4 is 0 Å². The van der Waals surface area contributed by atoms with Crippen LogP contribution in [0.1, 0.15) is 47.6 Å². The van der Waals surface area contributed by atoms with Crippen LogP contribution in [0.25, 0.3) is 0 Å². The molecule has 0 bridgehead atoms. The summed E-state index contributed by atoms with van der Waals surface area (Å²) >= 11 is 0. The van der Waals surface area contributed by atoms with Gasteiger partial charge >= 0.3 is 5.97 Å². The molecule has 2 aromatic rings. The normalized spacial score (nSPS) is 16.5. The zero-order valence-electron chi connectivity index (χ0n) is 14.5. The topological polar surface area (TPSA) is 78.1 Å². The molecule has 1 fully saturated rings. The van der Waals surface area contributed by atoms with Gasteiger partial charge in [-0.1, -0.05) is 12.1 Å². The van der Waals surface area contributed by atoms with E-state index in [4.69, 9.17) is 0 Å². The molecule has 0 N–H and O–H groups in total. The largest absolute Gasteiger partial charge is 0.464 e. The number of hydrogen-bond acceptors (Lipinski definition) is 6. The molecule has 8 heteroatoms. The summed E-state index contributed by atoms with van der Waals surface area (Å²) in [7, 11) is 3.32. The quantitative estimate of drug-likeness (QED) is 0.766. The fourth-order valence-corrected chi connectivity index (χ4v) is 3.25. The molecule has 1 aliphatic heterocycles. The van der Waals surface area contributed by atoms with Crippen LogP contribution in [0.4, 0.5) is 0 Å². The Balaban J connectivity index is 1.57. The van der Waals surface area contributed by atoms with E-state index in [1.54, 1.807) is 10.9 Å². The van der Waals surface area contributed by atoms with Gasteiger partial charge in [0.1, 0.15) is 0 Å². The maximum absolute atomic E-state index is 11.5. The Bertz CT molecular complexity index is 699. The lowest BCUT2D eigenvalue weighted by atomic mass is 10.0. The molecule has 0 radical (unpaired) electrons. The van der Waals surface area contributed by atoms with Crippen LogP contribution in [0.5, 0.6) is 0 Å². The third kappa shape index (κ3) is 3.48. The van der Waals surface area contributed by atoms with E-state index in [-0.39, 0.29) is 11.7 Å². The number of esters is 1. The highest BCUT2D eigenvalue weighted by atomic mass is 16.5. The van der Waals surface area contributed by atoms with Crippen molar-refractivity contribution in [3.63, 3.8) is 0 Å². The summed E-state index contributed by atoms with van der Waals surface area (Å²) in [5.41, 5.74) is 2.76. The van der Waals surface area contributed by atoms with Gasteiger partial charge in [-0.15, -0.1) is 5.10 Å². The summed E-state index contributed by atoms with van der Waals surface area (Å²) in [4.78, 5) is 13.9. The number of nitrogens with zero attached hydrogens (tertiary/aromatic N) is 6. The predicted octanol–water partition coefficient (Wildman–Crippen LogP) is 1.20. The molecule has 0 spiro atoms. The van der Waals surface area contributed by atoms with Crippen molar-refractivity contribution >= 4 is 5.97 Å². The second-order valence-electron chi connectivity index (χ2n) is 6.21. The number of hydrogen-bond donors (Lipinski definition) is 0. The first-order chi connectivity index (χ1) is 11.6. The molecule has 0 aromatic carbocycles. The van der Waals surface area contributed by atoms with Crippen molar-refractivity contribution in [2.45, 2.75) is 38.8 Å². The van der Waals surface area contributed by atoms with Crippen molar-refractivity contribution in [1.29, 1.82) is 0 Å². The van der Waals surface area contributed by atoms with Gasteiger partial charge < -0.3 is 4.74 Å². The van der Waals surface area contributed by atoms with Crippen molar-refractivity contribution in [3.05, 3.63) is 29.3 Å². The molecule has 3 heterocycles. The first-order valence-corrected chi connectivity index (χ1v) is 8.34. The average Bonchev–Trinajstić information content (AvgIpc) is 3.21. The zero-order chi connectivity index (χ0) is 17.1. The van der Waals surface area contributed by atoms with E-state index in [1.165, 1.54) is 18.4 Å². The van der Waals surface area contributed by atoms with Gasteiger partial charge in [0, 0.05) is 38.4 Å². The van der Waals surface area contributed by atoms with Crippen LogP contribution >= 0.6 is 0 Å². The first kappa shape index (κ1) is 16.6. The van der Waals surface area contributed by atoms with Crippen LogP contribution in [-0.2, 0) is 24.8 Å². The summed E-state index contributed by atoms with van der Waals surface area (Å²) in [6, 6.07) is 0.284. The van der Waals surface area contributed by atoms with Gasteiger partial charge in [0.25, 0.3) is 0 Å². The molecule has 2 aromatic heterocycles. The smallest absolute Gasteiger partial charge is 0.360 e. The number of carbonyl (C=O) groups is 1. The van der Waals surface area contributed by atoms with Crippen molar-refractivity contribution in [2.24, 2.45) is 7.05 Å². The summed E-state index contributed by atoms with van der Waals surface area (Å²) in [6.45, 7) is 5.07. The molecular weight excluding hydrogens is 308 g/mol. The van der Waals surface area contributed by atoms with Gasteiger partial charge in [0.15, 0.2) is 5.69 Å². The fourth-order valence-electron chi connectivity index (χ4n) is 3.25. The second-order valence-corrected chi connectivity index (χ2v) is 6.21. The molecule has 0 amide bonds. The van der Waals surface area contributed by atoms with Crippen LogP contribution in [0.3, 0.4) is 0 Å². The van der Waals surface area contributed by atoms with E-state index >= 15 is 0 Å². The molecule has 24 heavy (non-hydrogen) atoms. The summed E-state index contributed by atoms with van der Waals surface area (Å²) in [5.74, 6) is -0.442. The number of rotatable bonds is 5. The number of methoxy groups -OCH3 is 1. The maximum atomic E-state index is 11.5. The Morgan fingerprint density at radius 3 is 2.75 bits per heavy atom. The minimum absolute atomic E-state index is 0.267. The number of likely N-dealkylation sites (tertiary alicyclic amines) is 1. The predicted molar refractivity (Wildman–Crippen MR) is 87.5 cm³/mol. The third-order valence-corrected chi connectivity index (χ3v) is 4.56. The molecular formula is C16H24N6O2. The first-order valence-electron chi connectivity index (χ1n) is 8.34. The Kier molecular flexibility index (Phi) is 4.94. The van der Waals surface area contributed by atoms with Gasteiger partial charge in [-0.3, -0.25) is 9.58 Å². The highest BCUT2D eigenvalue weighted by molar-refractivity contribution is 5.86. The molecule has 0 unspecified atom stereocenters. The lowest BCUT2D eigenvalue weighted by Crippen LogP contribution is -2.34. The van der Waals surface area contributed by atoms with Gasteiger partial charge in [0.05, 0.1) is 25.0 Å². The van der Waals surface area contributed by atoms with E-state index < -0.39 is 5.97 Å². The number of aromatic nitrogens is 5. The zero-order valence-corrected chi connectivity index (χ0v) is 14.5. The van der Waals surface area contributed by atoms with Crippen molar-refractivity contribution in [2.75, 3.05) is 20.2 Å². The van der Waals surface area contributed by atoms with E-state index in [9.17, 15) is 4.79 Å². The minimum atomic E-state index is -0.442. The molecule has 0 saturated carbocycles. The minimum Gasteiger partial charge on any atom is -0.464 e. The number of ether oxygens (including phenoxy) is 1. The number of piperidine rings is 1. The monoisotopic (exact) mass is 332 g/mol. The van der Waals surface area contributed by atoms with E-state index in [0.29, 0.717) is 0 Å². The molecule has 1 aliphatic rings. The summed E-state index contributed by atoms with van der Waals surface area (Å²) in [5, 5.41) is 12.5. The van der Waals surface area contributed by atoms with Gasteiger partial charge in [-0.05, 0) is 19.3 Å². The molecule has 3 rings (SSSR count). The Hall–Kier alpha value is -2.22. The number of aryl methyl sites for hydroxylation is 2. The standard InChI is InChI=1S/C16H24N6O2/c1-4-14-12(9-20(2)18-14)10-21-7-5-13(6-8-21)22-11-15(17-19-22)16(23)24-3/h9,11,13H,4-8,10H2,1-3H3. The van der Waals surface area contributed by atoms with Crippen molar-refractivity contribution in [3.8, 4) is 0 Å². The lowest BCUT2D eigenvalue weighted by Gasteiger charge is -2.31. The second kappa shape index (κ2) is 7.12. The van der Waals surface area contributed by atoms with Crippen LogP contribution in [0, 0.1) is 0 Å². The van der Waals surface area contributed by atoms with E-state index in [0.717, 1.165) is 38.9 Å². The SMILES string of the molecule is CCc1nn(C)cc1CN1CCC(n2cc(C(=O)OC)nn2)CC1. The molecule has 0 atom stereocenters. The molecule has 8 nitrogen and oxygen atoms in total. The third-order valence-electron chi connectivity index (χ3n) is 4.56. The summed E-state index contributed by atoms with van der Waals surface area (Å²) < 4.78 is 8.36. The van der Waals surface area contributed by atoms with Crippen molar-refractivity contribution in [1.82, 2.24) is 29.7 Å². The van der Waals surface area contributed by atoms with Crippen LogP contribution in [0.2, 0.25) is 0 Å². The highest BCUT2D eigenvalue weighted by Crippen LogP contribution is 2.23. The molecule has 0 aliphatic carbocycles. The number of carbonyl (C=O) groups excluding carboxylic acids is 1. The summed E-state index contributed by atoms with van der Waals surface area (Å²) in [6.07, 6.45) is 6.74. The highest BCUT2D eigenvalue weighted by Gasteiger charge is 2.23. The Morgan fingerprint density at radius 2 is 2.08 bits per heavy atom. The molecule has 130 valence electrons. The average molecular weight is 332 g/mol.